The van der Waals surface area contributed by atoms with Gasteiger partial charge in [-0.05, 0) is 12.1 Å². The summed E-state index contributed by atoms with van der Waals surface area (Å²) in [5.74, 6) is 0. The smallest absolute Gasteiger partial charge is 0.240 e. The molecule has 0 amide bonds. The van der Waals surface area contributed by atoms with E-state index in [-0.39, 0.29) is 13.0 Å². The minimum atomic E-state index is -2.31. The summed E-state index contributed by atoms with van der Waals surface area (Å²) < 4.78 is 23.6. The number of benzene rings is 1. The molecule has 0 aliphatic heterocycles. The molecule has 14 heavy (non-hydrogen) atoms. The molecule has 0 radical (unpaired) electrons. The van der Waals surface area contributed by atoms with E-state index in [4.69, 9.17) is 5.26 Å². The molecule has 0 spiro atoms. The van der Waals surface area contributed by atoms with Gasteiger partial charge in [-0.25, -0.2) is 8.78 Å². The van der Waals surface area contributed by atoms with E-state index in [2.05, 4.69) is 5.32 Å². The molecule has 0 saturated heterocycles. The molecule has 0 bridgehead atoms. The lowest BCUT2D eigenvalue weighted by atomic mass is 10.2. The van der Waals surface area contributed by atoms with Crippen molar-refractivity contribution in [3.05, 3.63) is 29.8 Å². The molecule has 1 N–H and O–H groups in total. The maximum absolute atomic E-state index is 11.8. The first-order chi connectivity index (χ1) is 6.74. The van der Waals surface area contributed by atoms with Gasteiger partial charge in [0.05, 0.1) is 11.3 Å². The maximum atomic E-state index is 11.8. The normalized spacial score (nSPS) is 9.86. The van der Waals surface area contributed by atoms with Gasteiger partial charge in [0.15, 0.2) is 0 Å². The van der Waals surface area contributed by atoms with Crippen LogP contribution >= 0.6 is 0 Å². The summed E-state index contributed by atoms with van der Waals surface area (Å²) >= 11 is 0. The predicted octanol–water partition coefficient (Wildman–Crippen LogP) is 2.63. The maximum Gasteiger partial charge on any atom is 0.240 e. The van der Waals surface area contributed by atoms with E-state index < -0.39 is 6.43 Å². The van der Waals surface area contributed by atoms with E-state index in [0.29, 0.717) is 11.3 Å². The van der Waals surface area contributed by atoms with Gasteiger partial charge >= 0.3 is 0 Å². The molecule has 0 aliphatic rings. The molecule has 0 unspecified atom stereocenters. The molecular formula is C10H10F2N2. The van der Waals surface area contributed by atoms with Crippen LogP contribution < -0.4 is 5.32 Å². The monoisotopic (exact) mass is 196 g/mol. The third kappa shape index (κ3) is 3.02. The third-order valence-electron chi connectivity index (χ3n) is 1.73. The molecule has 74 valence electrons. The van der Waals surface area contributed by atoms with Gasteiger partial charge in [-0.1, -0.05) is 12.1 Å². The van der Waals surface area contributed by atoms with Crippen LogP contribution in [0.1, 0.15) is 12.0 Å². The van der Waals surface area contributed by atoms with Crippen LogP contribution in [0.25, 0.3) is 0 Å². The Balaban J connectivity index is 2.54. The fraction of sp³-hybridized carbons (Fsp3) is 0.300. The van der Waals surface area contributed by atoms with Gasteiger partial charge < -0.3 is 5.32 Å². The van der Waals surface area contributed by atoms with E-state index in [1.54, 1.807) is 24.3 Å². The summed E-state index contributed by atoms with van der Waals surface area (Å²) in [6, 6.07) is 8.81. The number of hydrogen-bond acceptors (Lipinski definition) is 2. The van der Waals surface area contributed by atoms with Gasteiger partial charge in [-0.15, -0.1) is 0 Å². The first kappa shape index (κ1) is 10.5. The molecule has 2 nitrogen and oxygen atoms in total. The Bertz CT molecular complexity index is 331. The fourth-order valence-electron chi connectivity index (χ4n) is 1.05. The van der Waals surface area contributed by atoms with Crippen LogP contribution in [-0.4, -0.2) is 13.0 Å². The number of para-hydroxylation sites is 1. The van der Waals surface area contributed by atoms with Crippen LogP contribution in [0.15, 0.2) is 24.3 Å². The standard InChI is InChI=1S/C10H10F2N2/c11-10(12)5-6-14-9-4-2-1-3-8(9)7-13/h1-4,10,14H,5-6H2. The Hall–Kier alpha value is -1.63. The van der Waals surface area contributed by atoms with Gasteiger partial charge in [0.1, 0.15) is 6.07 Å². The second kappa shape index (κ2) is 5.18. The Morgan fingerprint density at radius 2 is 2.07 bits per heavy atom. The first-order valence-corrected chi connectivity index (χ1v) is 4.25. The SMILES string of the molecule is N#Cc1ccccc1NCCC(F)F. The summed E-state index contributed by atoms with van der Waals surface area (Å²) in [6.45, 7) is 0.177. The van der Waals surface area contributed by atoms with E-state index in [0.717, 1.165) is 0 Å². The number of anilines is 1. The number of alkyl halides is 2. The number of nitrogens with zero attached hydrogens (tertiary/aromatic N) is 1. The lowest BCUT2D eigenvalue weighted by Gasteiger charge is -2.06. The molecule has 1 aromatic rings. The summed E-state index contributed by atoms with van der Waals surface area (Å²) in [5.41, 5.74) is 1.08. The largest absolute Gasteiger partial charge is 0.384 e. The average Bonchev–Trinajstić information content (AvgIpc) is 2.18. The van der Waals surface area contributed by atoms with Crippen molar-refractivity contribution in [1.82, 2.24) is 0 Å². The van der Waals surface area contributed by atoms with Crippen molar-refractivity contribution in [2.24, 2.45) is 0 Å². The van der Waals surface area contributed by atoms with E-state index in [9.17, 15) is 8.78 Å². The second-order valence-electron chi connectivity index (χ2n) is 2.76. The summed E-state index contributed by atoms with van der Waals surface area (Å²) in [5, 5.41) is 11.5. The lowest BCUT2D eigenvalue weighted by Crippen LogP contribution is -2.06. The number of nitrogens with one attached hydrogen (secondary N) is 1. The minimum Gasteiger partial charge on any atom is -0.384 e. The van der Waals surface area contributed by atoms with Crippen LogP contribution in [0.5, 0.6) is 0 Å². The molecule has 0 aromatic heterocycles. The zero-order valence-electron chi connectivity index (χ0n) is 7.50. The van der Waals surface area contributed by atoms with Gasteiger partial charge in [-0.3, -0.25) is 0 Å². The highest BCUT2D eigenvalue weighted by Crippen LogP contribution is 2.13. The molecule has 1 aromatic carbocycles. The molecule has 0 fully saturated rings. The Morgan fingerprint density at radius 3 is 2.71 bits per heavy atom. The average molecular weight is 196 g/mol. The van der Waals surface area contributed by atoms with E-state index in [1.165, 1.54) is 0 Å². The van der Waals surface area contributed by atoms with Crippen LogP contribution in [0, 0.1) is 11.3 Å². The summed E-state index contributed by atoms with van der Waals surface area (Å²) in [4.78, 5) is 0. The third-order valence-corrected chi connectivity index (χ3v) is 1.73. The van der Waals surface area contributed by atoms with Crippen molar-refractivity contribution in [3.8, 4) is 6.07 Å². The summed E-state index contributed by atoms with van der Waals surface area (Å²) in [7, 11) is 0. The molecular weight excluding hydrogens is 186 g/mol. The van der Waals surface area contributed by atoms with Crippen LogP contribution in [0.3, 0.4) is 0 Å². The zero-order chi connectivity index (χ0) is 10.4. The Labute approximate surface area is 81.2 Å². The van der Waals surface area contributed by atoms with Gasteiger partial charge in [-0.2, -0.15) is 5.26 Å². The zero-order valence-corrected chi connectivity index (χ0v) is 7.50. The van der Waals surface area contributed by atoms with Gasteiger partial charge in [0, 0.05) is 13.0 Å². The highest BCUT2D eigenvalue weighted by atomic mass is 19.3. The molecule has 4 heteroatoms. The first-order valence-electron chi connectivity index (χ1n) is 4.25. The molecule has 1 rings (SSSR count). The lowest BCUT2D eigenvalue weighted by molar-refractivity contribution is 0.142. The van der Waals surface area contributed by atoms with Crippen LogP contribution in [0.2, 0.25) is 0 Å². The molecule has 0 atom stereocenters. The van der Waals surface area contributed by atoms with Crippen molar-refractivity contribution >= 4 is 5.69 Å². The summed E-state index contributed by atoms with van der Waals surface area (Å²) in [6.07, 6.45) is -2.52. The Morgan fingerprint density at radius 1 is 1.36 bits per heavy atom. The van der Waals surface area contributed by atoms with Crippen LogP contribution in [-0.2, 0) is 0 Å². The Kier molecular flexibility index (Phi) is 3.86. The van der Waals surface area contributed by atoms with Gasteiger partial charge in [0.2, 0.25) is 6.43 Å². The van der Waals surface area contributed by atoms with Crippen molar-refractivity contribution in [1.29, 1.82) is 5.26 Å². The highest BCUT2D eigenvalue weighted by molar-refractivity contribution is 5.56. The van der Waals surface area contributed by atoms with E-state index in [1.807, 2.05) is 6.07 Å². The van der Waals surface area contributed by atoms with Crippen molar-refractivity contribution in [3.63, 3.8) is 0 Å². The molecule has 0 aliphatic carbocycles. The van der Waals surface area contributed by atoms with Crippen LogP contribution in [0.4, 0.5) is 14.5 Å². The number of nitriles is 1. The second-order valence-corrected chi connectivity index (χ2v) is 2.76. The topological polar surface area (TPSA) is 35.8 Å². The fourth-order valence-corrected chi connectivity index (χ4v) is 1.05. The van der Waals surface area contributed by atoms with Crippen molar-refractivity contribution in [2.75, 3.05) is 11.9 Å². The van der Waals surface area contributed by atoms with Gasteiger partial charge in [0.25, 0.3) is 0 Å². The molecule has 0 heterocycles. The van der Waals surface area contributed by atoms with E-state index >= 15 is 0 Å². The van der Waals surface area contributed by atoms with Crippen molar-refractivity contribution < 1.29 is 8.78 Å². The van der Waals surface area contributed by atoms with Crippen molar-refractivity contribution in [2.45, 2.75) is 12.8 Å². The number of halogens is 2. The predicted molar refractivity (Wildman–Crippen MR) is 50.3 cm³/mol. The minimum absolute atomic E-state index is 0.177. The number of rotatable bonds is 4. The molecule has 0 saturated carbocycles. The number of hydrogen-bond donors (Lipinski definition) is 1. The highest BCUT2D eigenvalue weighted by Gasteiger charge is 2.03. The quantitative estimate of drug-likeness (QED) is 0.803.